The summed E-state index contributed by atoms with van der Waals surface area (Å²) in [6.07, 6.45) is 0.355. The minimum Gasteiger partial charge on any atom is -0.274 e. The lowest BCUT2D eigenvalue weighted by atomic mass is 10.0. The second-order valence-corrected chi connectivity index (χ2v) is 9.78. The quantitative estimate of drug-likeness (QED) is 0.626. The van der Waals surface area contributed by atoms with E-state index in [1.165, 1.54) is 16.4 Å². The average molecular weight is 429 g/mol. The number of sulfonamides is 1. The van der Waals surface area contributed by atoms with Gasteiger partial charge in [-0.05, 0) is 49.1 Å². The summed E-state index contributed by atoms with van der Waals surface area (Å²) in [5.41, 5.74) is 1.57. The predicted molar refractivity (Wildman–Crippen MR) is 117 cm³/mol. The third kappa shape index (κ3) is 4.04. The van der Waals surface area contributed by atoms with Gasteiger partial charge in [0.15, 0.2) is 0 Å². The van der Waals surface area contributed by atoms with Gasteiger partial charge in [-0.1, -0.05) is 51.1 Å². The van der Waals surface area contributed by atoms with Gasteiger partial charge in [0.25, 0.3) is 5.91 Å². The van der Waals surface area contributed by atoms with Gasteiger partial charge < -0.3 is 0 Å². The number of hydrogen-bond acceptors (Lipinski definition) is 4. The van der Waals surface area contributed by atoms with E-state index in [-0.39, 0.29) is 17.2 Å². The van der Waals surface area contributed by atoms with Crippen LogP contribution >= 0.6 is 0 Å². The Morgan fingerprint density at radius 2 is 1.60 bits per heavy atom. The van der Waals surface area contributed by atoms with Crippen LogP contribution in [0.2, 0.25) is 0 Å². The molecule has 2 atom stereocenters. The van der Waals surface area contributed by atoms with Crippen molar-refractivity contribution in [1.29, 1.82) is 0 Å². The number of nitrogens with zero attached hydrogens (tertiary/aromatic N) is 2. The van der Waals surface area contributed by atoms with E-state index in [1.54, 1.807) is 37.3 Å². The van der Waals surface area contributed by atoms with Crippen LogP contribution in [0.1, 0.15) is 52.0 Å². The fraction of sp³-hybridized carbons (Fsp3) is 0.391. The summed E-state index contributed by atoms with van der Waals surface area (Å²) in [4.78, 5) is 27.3. The molecule has 1 heterocycles. The summed E-state index contributed by atoms with van der Waals surface area (Å²) in [6, 6.07) is 13.8. The second kappa shape index (κ2) is 8.70. The summed E-state index contributed by atoms with van der Waals surface area (Å²) >= 11 is 0. The normalized spacial score (nSPS) is 18.5. The molecule has 2 aromatic rings. The van der Waals surface area contributed by atoms with Crippen molar-refractivity contribution in [2.24, 2.45) is 0 Å². The molecule has 0 radical (unpaired) electrons. The Kier molecular flexibility index (Phi) is 6.43. The van der Waals surface area contributed by atoms with E-state index in [2.05, 4.69) is 13.8 Å². The van der Waals surface area contributed by atoms with Gasteiger partial charge in [0.2, 0.25) is 15.9 Å². The molecule has 0 bridgehead atoms. The average Bonchev–Trinajstić information content (AvgIpc) is 3.02. The van der Waals surface area contributed by atoms with Gasteiger partial charge in [0.05, 0.1) is 17.0 Å². The monoisotopic (exact) mass is 428 g/mol. The first-order valence-electron chi connectivity index (χ1n) is 10.2. The maximum atomic E-state index is 13.4. The van der Waals surface area contributed by atoms with Crippen molar-refractivity contribution in [1.82, 2.24) is 4.31 Å². The molecule has 160 valence electrons. The maximum Gasteiger partial charge on any atom is 0.252 e. The largest absolute Gasteiger partial charge is 0.274 e. The molecular formula is C23H28N2O4S. The highest BCUT2D eigenvalue weighted by molar-refractivity contribution is 7.89. The molecule has 3 rings (SSSR count). The zero-order valence-electron chi connectivity index (χ0n) is 17.8. The van der Waals surface area contributed by atoms with E-state index in [1.807, 2.05) is 19.1 Å². The van der Waals surface area contributed by atoms with E-state index in [0.29, 0.717) is 18.0 Å². The Hall–Kier alpha value is -2.51. The first-order chi connectivity index (χ1) is 14.2. The second-order valence-electron chi connectivity index (χ2n) is 7.94. The summed E-state index contributed by atoms with van der Waals surface area (Å²) in [7, 11) is -3.94. The van der Waals surface area contributed by atoms with Crippen molar-refractivity contribution in [3.8, 4) is 0 Å². The Balaban J connectivity index is 1.98. The minimum absolute atomic E-state index is 0.116. The van der Waals surface area contributed by atoms with Crippen LogP contribution in [0.15, 0.2) is 59.5 Å². The molecule has 1 fully saturated rings. The highest BCUT2D eigenvalue weighted by Gasteiger charge is 2.48. The fourth-order valence-corrected chi connectivity index (χ4v) is 5.57. The number of anilines is 1. The van der Waals surface area contributed by atoms with Crippen molar-refractivity contribution < 1.29 is 18.0 Å². The van der Waals surface area contributed by atoms with Gasteiger partial charge in [0, 0.05) is 6.04 Å². The summed E-state index contributed by atoms with van der Waals surface area (Å²) in [5, 5.41) is 0. The molecule has 2 unspecified atom stereocenters. The van der Waals surface area contributed by atoms with Crippen LogP contribution in [-0.4, -0.2) is 36.6 Å². The van der Waals surface area contributed by atoms with E-state index in [9.17, 15) is 18.0 Å². The van der Waals surface area contributed by atoms with Gasteiger partial charge in [-0.3, -0.25) is 9.59 Å². The maximum absolute atomic E-state index is 13.4. The number of imide groups is 1. The minimum atomic E-state index is -3.94. The molecule has 30 heavy (non-hydrogen) atoms. The molecule has 2 amide bonds. The van der Waals surface area contributed by atoms with Gasteiger partial charge in [-0.25, -0.2) is 13.3 Å². The van der Waals surface area contributed by atoms with Crippen LogP contribution in [0.25, 0.3) is 0 Å². The van der Waals surface area contributed by atoms with Crippen molar-refractivity contribution in [2.75, 3.05) is 4.90 Å². The predicted octanol–water partition coefficient (Wildman–Crippen LogP) is 3.93. The van der Waals surface area contributed by atoms with Crippen molar-refractivity contribution in [3.05, 3.63) is 60.2 Å². The third-order valence-electron chi connectivity index (χ3n) is 5.59. The molecule has 0 N–H and O–H groups in total. The van der Waals surface area contributed by atoms with Crippen LogP contribution in [0, 0.1) is 0 Å². The highest BCUT2D eigenvalue weighted by atomic mass is 32.2. The molecular weight excluding hydrogens is 400 g/mol. The Morgan fingerprint density at radius 1 is 1.00 bits per heavy atom. The van der Waals surface area contributed by atoms with E-state index >= 15 is 0 Å². The number of carbonyl (C=O) groups is 2. The topological polar surface area (TPSA) is 74.8 Å². The molecule has 0 saturated carbocycles. The Labute approximate surface area is 178 Å². The lowest BCUT2D eigenvalue weighted by molar-refractivity contribution is -0.122. The van der Waals surface area contributed by atoms with Gasteiger partial charge >= 0.3 is 0 Å². The van der Waals surface area contributed by atoms with E-state index in [0.717, 1.165) is 10.5 Å². The Bertz CT molecular complexity index is 1020. The Morgan fingerprint density at radius 3 is 2.13 bits per heavy atom. The highest BCUT2D eigenvalue weighted by Crippen LogP contribution is 2.32. The standard InChI is InChI=1S/C23H28N2O4S/c1-5-17(4)25(30(28,29)20-9-7-6-8-10-20)21-15-22(26)24(23(21)27)19-13-11-18(12-14-19)16(2)3/h6-14,16-17,21H,5,15H2,1-4H3. The number of rotatable bonds is 7. The van der Waals surface area contributed by atoms with Crippen LogP contribution in [0.3, 0.4) is 0 Å². The van der Waals surface area contributed by atoms with Gasteiger partial charge in [-0.2, -0.15) is 4.31 Å². The number of carbonyl (C=O) groups excluding carboxylic acids is 2. The summed E-state index contributed by atoms with van der Waals surface area (Å²) in [6.45, 7) is 7.76. The number of hydrogen-bond donors (Lipinski definition) is 0. The SMILES string of the molecule is CCC(C)N(C1CC(=O)N(c2ccc(C(C)C)cc2)C1=O)S(=O)(=O)c1ccccc1. The number of benzene rings is 2. The molecule has 0 spiro atoms. The molecule has 1 aliphatic rings. The molecule has 6 nitrogen and oxygen atoms in total. The van der Waals surface area contributed by atoms with Crippen LogP contribution in [-0.2, 0) is 19.6 Å². The summed E-state index contributed by atoms with van der Waals surface area (Å²) in [5.74, 6) is -0.565. The molecule has 1 aliphatic heterocycles. The van der Waals surface area contributed by atoms with Crippen molar-refractivity contribution in [3.63, 3.8) is 0 Å². The van der Waals surface area contributed by atoms with Crippen LogP contribution in [0.5, 0.6) is 0 Å². The smallest absolute Gasteiger partial charge is 0.252 e. The summed E-state index contributed by atoms with van der Waals surface area (Å²) < 4.78 is 28.0. The van der Waals surface area contributed by atoms with Crippen LogP contribution in [0.4, 0.5) is 5.69 Å². The van der Waals surface area contributed by atoms with E-state index < -0.39 is 28.0 Å². The van der Waals surface area contributed by atoms with E-state index in [4.69, 9.17) is 0 Å². The number of amides is 2. The van der Waals surface area contributed by atoms with Crippen molar-refractivity contribution >= 4 is 27.5 Å². The van der Waals surface area contributed by atoms with Gasteiger partial charge in [-0.15, -0.1) is 0 Å². The third-order valence-corrected chi connectivity index (χ3v) is 7.63. The molecule has 0 aliphatic carbocycles. The zero-order valence-corrected chi connectivity index (χ0v) is 18.6. The first-order valence-corrected chi connectivity index (χ1v) is 11.7. The van der Waals surface area contributed by atoms with Crippen LogP contribution < -0.4 is 4.90 Å². The first kappa shape index (κ1) is 22.2. The molecule has 7 heteroatoms. The lowest BCUT2D eigenvalue weighted by Crippen LogP contribution is -2.49. The zero-order chi connectivity index (χ0) is 22.1. The molecule has 2 aromatic carbocycles. The molecule has 1 saturated heterocycles. The fourth-order valence-electron chi connectivity index (χ4n) is 3.70. The molecule has 0 aromatic heterocycles. The lowest BCUT2D eigenvalue weighted by Gasteiger charge is -2.31. The van der Waals surface area contributed by atoms with Crippen molar-refractivity contribution in [2.45, 2.75) is 63.4 Å². The van der Waals surface area contributed by atoms with Gasteiger partial charge in [0.1, 0.15) is 6.04 Å².